The first-order valence-electron chi connectivity index (χ1n) is 8.59. The third kappa shape index (κ3) is 2.38. The average molecular weight is 315 g/mol. The number of anilines is 1. The van der Waals surface area contributed by atoms with Crippen LogP contribution in [0.2, 0.25) is 0 Å². The van der Waals surface area contributed by atoms with Gasteiger partial charge in [0.1, 0.15) is 5.75 Å². The zero-order valence-corrected chi connectivity index (χ0v) is 13.6. The number of nitrogens with two attached hydrogens (primary N) is 1. The molecule has 124 valence electrons. The molecular formula is C18H25N3O2. The normalized spacial score (nSPS) is 31.7. The lowest BCUT2D eigenvalue weighted by Crippen LogP contribution is -2.61. The van der Waals surface area contributed by atoms with Gasteiger partial charge in [0, 0.05) is 23.6 Å². The summed E-state index contributed by atoms with van der Waals surface area (Å²) in [6, 6.07) is 8.06. The number of methoxy groups -OCH3 is 1. The Kier molecular flexibility index (Phi) is 3.68. The van der Waals surface area contributed by atoms with Gasteiger partial charge >= 0.3 is 0 Å². The van der Waals surface area contributed by atoms with Gasteiger partial charge in [-0.25, -0.2) is 4.99 Å². The number of hydrogen-bond donors (Lipinski definition) is 2. The molecule has 3 atom stereocenters. The molecule has 0 amide bonds. The van der Waals surface area contributed by atoms with E-state index in [0.29, 0.717) is 24.0 Å². The molecule has 3 fully saturated rings. The molecule has 2 saturated carbocycles. The van der Waals surface area contributed by atoms with E-state index in [-0.39, 0.29) is 5.41 Å². The van der Waals surface area contributed by atoms with Gasteiger partial charge in [-0.05, 0) is 43.5 Å². The van der Waals surface area contributed by atoms with Gasteiger partial charge in [0.2, 0.25) is 0 Å². The van der Waals surface area contributed by atoms with Crippen LogP contribution in [0.4, 0.5) is 5.69 Å². The molecule has 1 aliphatic heterocycles. The molecule has 3 unspecified atom stereocenters. The molecule has 0 aromatic heterocycles. The molecule has 3 N–H and O–H groups in total. The smallest absolute Gasteiger partial charge is 0.193 e. The summed E-state index contributed by atoms with van der Waals surface area (Å²) in [5.41, 5.74) is 7.38. The molecule has 2 aliphatic carbocycles. The van der Waals surface area contributed by atoms with E-state index in [9.17, 15) is 0 Å². The fourth-order valence-corrected chi connectivity index (χ4v) is 4.84. The summed E-state index contributed by atoms with van der Waals surface area (Å²) in [5, 5.41) is 3.21. The number of ether oxygens (including phenoxy) is 2. The molecule has 1 aromatic rings. The molecule has 5 nitrogen and oxygen atoms in total. The molecule has 0 bridgehead atoms. The minimum absolute atomic E-state index is 0.257. The highest BCUT2D eigenvalue weighted by Gasteiger charge is 2.65. The van der Waals surface area contributed by atoms with Gasteiger partial charge in [-0.15, -0.1) is 0 Å². The number of fused-ring (bicyclic) bond motifs is 2. The first-order chi connectivity index (χ1) is 11.2. The van der Waals surface area contributed by atoms with Gasteiger partial charge in [0.25, 0.3) is 0 Å². The number of nitrogens with zero attached hydrogens (tertiary/aromatic N) is 1. The van der Waals surface area contributed by atoms with Crippen LogP contribution >= 0.6 is 0 Å². The minimum Gasteiger partial charge on any atom is -0.497 e. The predicted molar refractivity (Wildman–Crippen MR) is 90.8 cm³/mol. The fraction of sp³-hybridized carbons (Fsp3) is 0.611. The van der Waals surface area contributed by atoms with E-state index in [0.717, 1.165) is 24.5 Å². The first-order valence-corrected chi connectivity index (χ1v) is 8.59. The van der Waals surface area contributed by atoms with Gasteiger partial charge in [-0.1, -0.05) is 12.8 Å². The van der Waals surface area contributed by atoms with Crippen molar-refractivity contribution in [2.75, 3.05) is 19.0 Å². The Balaban J connectivity index is 1.49. The van der Waals surface area contributed by atoms with Crippen molar-refractivity contribution >= 4 is 11.6 Å². The number of nitrogens with one attached hydrogen (secondary N) is 1. The van der Waals surface area contributed by atoms with Crippen molar-refractivity contribution in [1.82, 2.24) is 0 Å². The minimum atomic E-state index is 0.257. The standard InChI is InChI=1S/C18H25N3O2/c1-22-13-6-4-12(5-7-13)20-17(19)21-15-14-8-11-23-16(14)18(15)9-2-3-10-18/h4-7,14-16H,2-3,8-11H2,1H3,(H3,19,20,21). The summed E-state index contributed by atoms with van der Waals surface area (Å²) in [6.45, 7) is 0.884. The SMILES string of the molecule is COc1ccc(NC(N)=NC2C3CCOC3C23CCCC3)cc1. The number of benzene rings is 1. The molecule has 1 heterocycles. The summed E-state index contributed by atoms with van der Waals surface area (Å²) in [5.74, 6) is 1.90. The maximum atomic E-state index is 6.19. The second-order valence-electron chi connectivity index (χ2n) is 7.00. The number of guanidine groups is 1. The van der Waals surface area contributed by atoms with Crippen LogP contribution in [-0.2, 0) is 4.74 Å². The fourth-order valence-electron chi connectivity index (χ4n) is 4.84. The van der Waals surface area contributed by atoms with Gasteiger partial charge in [-0.2, -0.15) is 0 Å². The van der Waals surface area contributed by atoms with Crippen molar-refractivity contribution < 1.29 is 9.47 Å². The van der Waals surface area contributed by atoms with Crippen LogP contribution in [0, 0.1) is 11.3 Å². The third-order valence-electron chi connectivity index (χ3n) is 5.87. The van der Waals surface area contributed by atoms with Crippen LogP contribution in [0.15, 0.2) is 29.3 Å². The van der Waals surface area contributed by atoms with Crippen molar-refractivity contribution in [1.29, 1.82) is 0 Å². The molecule has 1 spiro atoms. The lowest BCUT2D eigenvalue weighted by atomic mass is 9.54. The van der Waals surface area contributed by atoms with Crippen molar-refractivity contribution in [3.63, 3.8) is 0 Å². The van der Waals surface area contributed by atoms with Crippen LogP contribution in [0.25, 0.3) is 0 Å². The average Bonchev–Trinajstić information content (AvgIpc) is 3.22. The lowest BCUT2D eigenvalue weighted by Gasteiger charge is -2.54. The van der Waals surface area contributed by atoms with Crippen LogP contribution in [-0.4, -0.2) is 31.8 Å². The zero-order chi connectivity index (χ0) is 15.9. The molecular weight excluding hydrogens is 290 g/mol. The first kappa shape index (κ1) is 14.8. The van der Waals surface area contributed by atoms with E-state index in [1.54, 1.807) is 7.11 Å². The van der Waals surface area contributed by atoms with Gasteiger partial charge in [-0.3, -0.25) is 0 Å². The summed E-state index contributed by atoms with van der Waals surface area (Å²) >= 11 is 0. The van der Waals surface area contributed by atoms with Gasteiger partial charge in [0.15, 0.2) is 5.96 Å². The molecule has 0 radical (unpaired) electrons. The quantitative estimate of drug-likeness (QED) is 0.665. The van der Waals surface area contributed by atoms with Crippen LogP contribution in [0.3, 0.4) is 0 Å². The van der Waals surface area contributed by atoms with E-state index >= 15 is 0 Å². The molecule has 1 aromatic carbocycles. The molecule has 3 aliphatic rings. The van der Waals surface area contributed by atoms with E-state index in [2.05, 4.69) is 5.32 Å². The largest absolute Gasteiger partial charge is 0.497 e. The van der Waals surface area contributed by atoms with E-state index in [4.69, 9.17) is 20.2 Å². The molecule has 1 saturated heterocycles. The Morgan fingerprint density at radius 2 is 2.04 bits per heavy atom. The Labute approximate surface area is 137 Å². The van der Waals surface area contributed by atoms with Gasteiger partial charge in [0.05, 0.1) is 19.3 Å². The van der Waals surface area contributed by atoms with E-state index < -0.39 is 0 Å². The van der Waals surface area contributed by atoms with Crippen molar-refractivity contribution in [3.05, 3.63) is 24.3 Å². The third-order valence-corrected chi connectivity index (χ3v) is 5.87. The Bertz CT molecular complexity index is 593. The second kappa shape index (κ2) is 5.71. The van der Waals surface area contributed by atoms with Crippen LogP contribution in [0.5, 0.6) is 5.75 Å². The maximum Gasteiger partial charge on any atom is 0.193 e. The summed E-state index contributed by atoms with van der Waals surface area (Å²) in [6.07, 6.45) is 6.61. The van der Waals surface area contributed by atoms with E-state index in [1.807, 2.05) is 24.3 Å². The second-order valence-corrected chi connectivity index (χ2v) is 7.00. The highest BCUT2D eigenvalue weighted by atomic mass is 16.5. The zero-order valence-electron chi connectivity index (χ0n) is 13.6. The molecule has 23 heavy (non-hydrogen) atoms. The highest BCUT2D eigenvalue weighted by Crippen LogP contribution is 2.62. The lowest BCUT2D eigenvalue weighted by molar-refractivity contribution is -0.117. The van der Waals surface area contributed by atoms with E-state index in [1.165, 1.54) is 25.7 Å². The van der Waals surface area contributed by atoms with Crippen LogP contribution < -0.4 is 15.8 Å². The van der Waals surface area contributed by atoms with Crippen molar-refractivity contribution in [2.45, 2.75) is 44.2 Å². The van der Waals surface area contributed by atoms with Gasteiger partial charge < -0.3 is 20.5 Å². The number of aliphatic imine (C=N–C) groups is 1. The van der Waals surface area contributed by atoms with Crippen molar-refractivity contribution in [3.8, 4) is 5.75 Å². The summed E-state index contributed by atoms with van der Waals surface area (Å²) < 4.78 is 11.2. The predicted octanol–water partition coefficient (Wildman–Crippen LogP) is 2.77. The number of hydrogen-bond acceptors (Lipinski definition) is 3. The van der Waals surface area contributed by atoms with Crippen molar-refractivity contribution in [2.24, 2.45) is 22.1 Å². The molecule has 5 heteroatoms. The monoisotopic (exact) mass is 315 g/mol. The highest BCUT2D eigenvalue weighted by molar-refractivity contribution is 5.92. The number of rotatable bonds is 3. The van der Waals surface area contributed by atoms with Crippen LogP contribution in [0.1, 0.15) is 32.1 Å². The molecule has 4 rings (SSSR count). The summed E-state index contributed by atoms with van der Waals surface area (Å²) in [7, 11) is 1.66. The topological polar surface area (TPSA) is 68.9 Å². The Morgan fingerprint density at radius 1 is 1.30 bits per heavy atom. The Hall–Kier alpha value is -1.75. The maximum absolute atomic E-state index is 6.19. The Morgan fingerprint density at radius 3 is 2.74 bits per heavy atom. The summed E-state index contributed by atoms with van der Waals surface area (Å²) in [4.78, 5) is 4.87.